The van der Waals surface area contributed by atoms with E-state index < -0.39 is 24.2 Å². The molecule has 0 aliphatic heterocycles. The third-order valence-electron chi connectivity index (χ3n) is 2.03. The number of alkyl halides is 6. The highest BCUT2D eigenvalue weighted by molar-refractivity contribution is 9.10. The van der Waals surface area contributed by atoms with Gasteiger partial charge in [-0.1, -0.05) is 15.9 Å². The molecule has 9 heteroatoms. The summed E-state index contributed by atoms with van der Waals surface area (Å²) in [5.74, 6) is -6.22. The Morgan fingerprint density at radius 1 is 1.00 bits per heavy atom. The van der Waals surface area contributed by atoms with Crippen molar-refractivity contribution in [2.75, 3.05) is 5.32 Å². The van der Waals surface area contributed by atoms with E-state index in [9.17, 15) is 31.1 Å². The summed E-state index contributed by atoms with van der Waals surface area (Å²) < 4.78 is 74.0. The van der Waals surface area contributed by atoms with E-state index in [0.29, 0.717) is 4.47 Å². The number of carbonyl (C=O) groups excluding carboxylic acids is 1. The Morgan fingerprint density at radius 2 is 1.42 bits per heavy atom. The van der Waals surface area contributed by atoms with Gasteiger partial charge in [0.1, 0.15) is 0 Å². The number of amides is 1. The van der Waals surface area contributed by atoms with Crippen LogP contribution in [0, 0.1) is 5.92 Å². The van der Waals surface area contributed by atoms with Crippen LogP contribution in [0.15, 0.2) is 28.7 Å². The van der Waals surface area contributed by atoms with Crippen molar-refractivity contribution in [3.8, 4) is 0 Å². The van der Waals surface area contributed by atoms with Crippen molar-refractivity contribution in [1.29, 1.82) is 0 Å². The van der Waals surface area contributed by atoms with Crippen LogP contribution < -0.4 is 5.32 Å². The minimum Gasteiger partial charge on any atom is -0.325 e. The van der Waals surface area contributed by atoms with Crippen LogP contribution in [0.5, 0.6) is 0 Å². The summed E-state index contributed by atoms with van der Waals surface area (Å²) >= 11 is 3.03. The third-order valence-corrected chi connectivity index (χ3v) is 2.56. The number of carbonyl (C=O) groups is 1. The lowest BCUT2D eigenvalue weighted by atomic mass is 10.1. The first-order valence-electron chi connectivity index (χ1n) is 4.71. The Morgan fingerprint density at radius 3 is 1.79 bits per heavy atom. The van der Waals surface area contributed by atoms with Gasteiger partial charge in [-0.15, -0.1) is 0 Å². The Labute approximate surface area is 111 Å². The molecule has 0 aromatic heterocycles. The Bertz CT molecular complexity index is 439. The van der Waals surface area contributed by atoms with Gasteiger partial charge >= 0.3 is 12.4 Å². The molecule has 106 valence electrons. The zero-order valence-corrected chi connectivity index (χ0v) is 10.5. The molecule has 1 rings (SSSR count). The second kappa shape index (κ2) is 5.40. The molecule has 0 aliphatic rings. The molecule has 1 amide bonds. The maximum Gasteiger partial charge on any atom is 0.409 e. The summed E-state index contributed by atoms with van der Waals surface area (Å²) in [5, 5.41) is 1.58. The van der Waals surface area contributed by atoms with Gasteiger partial charge in [-0.05, 0) is 24.3 Å². The van der Waals surface area contributed by atoms with Crippen LogP contribution in [0.25, 0.3) is 0 Å². The molecule has 0 bridgehead atoms. The van der Waals surface area contributed by atoms with Gasteiger partial charge in [0.25, 0.3) is 0 Å². The lowest BCUT2D eigenvalue weighted by Gasteiger charge is -2.22. The van der Waals surface area contributed by atoms with Crippen LogP contribution in [0.2, 0.25) is 0 Å². The maximum atomic E-state index is 12.2. The Hall–Kier alpha value is -1.25. The summed E-state index contributed by atoms with van der Waals surface area (Å²) in [6.45, 7) is 0. The van der Waals surface area contributed by atoms with Gasteiger partial charge in [-0.3, -0.25) is 4.79 Å². The topological polar surface area (TPSA) is 29.1 Å². The fraction of sp³-hybridized carbons (Fsp3) is 0.300. The van der Waals surface area contributed by atoms with Gasteiger partial charge in [0, 0.05) is 10.2 Å². The summed E-state index contributed by atoms with van der Waals surface area (Å²) in [6, 6.07) is 5.08. The number of anilines is 1. The Balaban J connectivity index is 2.93. The molecule has 0 saturated carbocycles. The standard InChI is InChI=1S/C10H6BrF6NO/c11-5-1-3-6(4-2-5)18-8(19)7(9(12,13)14)10(15,16)17/h1-4,7H,(H,18,19). The maximum absolute atomic E-state index is 12.2. The van der Waals surface area contributed by atoms with Crippen LogP contribution in [0.1, 0.15) is 0 Å². The number of hydrogen-bond acceptors (Lipinski definition) is 1. The molecular formula is C10H6BrF6NO. The van der Waals surface area contributed by atoms with Crippen LogP contribution in [0.3, 0.4) is 0 Å². The smallest absolute Gasteiger partial charge is 0.325 e. The second-order valence-electron chi connectivity index (χ2n) is 3.51. The molecule has 1 aromatic carbocycles. The first kappa shape index (κ1) is 15.8. The van der Waals surface area contributed by atoms with Crippen LogP contribution >= 0.6 is 15.9 Å². The number of halogens is 7. The summed E-state index contributed by atoms with van der Waals surface area (Å²) in [5.41, 5.74) is -0.160. The second-order valence-corrected chi connectivity index (χ2v) is 4.43. The quantitative estimate of drug-likeness (QED) is 0.799. The van der Waals surface area contributed by atoms with Crippen LogP contribution in [-0.4, -0.2) is 18.3 Å². The van der Waals surface area contributed by atoms with Crippen molar-refractivity contribution in [2.24, 2.45) is 5.92 Å². The fourth-order valence-electron chi connectivity index (χ4n) is 1.23. The van der Waals surface area contributed by atoms with Crippen molar-refractivity contribution in [3.05, 3.63) is 28.7 Å². The zero-order chi connectivity index (χ0) is 14.8. The molecule has 0 spiro atoms. The van der Waals surface area contributed by atoms with E-state index in [1.54, 1.807) is 5.32 Å². The van der Waals surface area contributed by atoms with Gasteiger partial charge in [0.05, 0.1) is 0 Å². The number of benzene rings is 1. The molecule has 2 nitrogen and oxygen atoms in total. The predicted octanol–water partition coefficient (Wildman–Crippen LogP) is 4.13. The highest BCUT2D eigenvalue weighted by Gasteiger charge is 2.61. The number of hydrogen-bond donors (Lipinski definition) is 1. The lowest BCUT2D eigenvalue weighted by molar-refractivity contribution is -0.272. The fourth-order valence-corrected chi connectivity index (χ4v) is 1.49. The van der Waals surface area contributed by atoms with Crippen molar-refractivity contribution in [1.82, 2.24) is 0 Å². The van der Waals surface area contributed by atoms with E-state index in [1.165, 1.54) is 24.3 Å². The largest absolute Gasteiger partial charge is 0.409 e. The summed E-state index contributed by atoms with van der Waals surface area (Å²) in [4.78, 5) is 11.1. The SMILES string of the molecule is O=C(Nc1ccc(Br)cc1)C(C(F)(F)F)C(F)(F)F. The van der Waals surface area contributed by atoms with Gasteiger partial charge < -0.3 is 5.32 Å². The molecule has 0 heterocycles. The van der Waals surface area contributed by atoms with Crippen molar-refractivity contribution in [3.63, 3.8) is 0 Å². The van der Waals surface area contributed by atoms with Gasteiger partial charge in [0.15, 0.2) is 0 Å². The van der Waals surface area contributed by atoms with E-state index >= 15 is 0 Å². The number of nitrogens with one attached hydrogen (secondary N) is 1. The van der Waals surface area contributed by atoms with Crippen molar-refractivity contribution < 1.29 is 31.1 Å². The molecule has 1 aromatic rings. The molecule has 1 N–H and O–H groups in total. The normalized spacial score (nSPS) is 12.6. The predicted molar refractivity (Wildman–Crippen MR) is 58.4 cm³/mol. The van der Waals surface area contributed by atoms with Crippen LogP contribution in [0.4, 0.5) is 32.0 Å². The summed E-state index contributed by atoms with van der Waals surface area (Å²) in [6.07, 6.45) is -11.4. The highest BCUT2D eigenvalue weighted by atomic mass is 79.9. The molecule has 0 fully saturated rings. The molecule has 0 radical (unpaired) electrons. The molecule has 0 unspecified atom stereocenters. The average Bonchev–Trinajstić information content (AvgIpc) is 2.16. The lowest BCUT2D eigenvalue weighted by Crippen LogP contribution is -2.45. The van der Waals surface area contributed by atoms with Gasteiger partial charge in [-0.25, -0.2) is 0 Å². The van der Waals surface area contributed by atoms with Crippen LogP contribution in [-0.2, 0) is 4.79 Å². The van der Waals surface area contributed by atoms with Crippen molar-refractivity contribution in [2.45, 2.75) is 12.4 Å². The number of rotatable bonds is 2. The highest BCUT2D eigenvalue weighted by Crippen LogP contribution is 2.39. The monoisotopic (exact) mass is 349 g/mol. The van der Waals surface area contributed by atoms with E-state index in [2.05, 4.69) is 15.9 Å². The van der Waals surface area contributed by atoms with E-state index in [4.69, 9.17) is 0 Å². The molecule has 0 saturated heterocycles. The first-order valence-corrected chi connectivity index (χ1v) is 5.51. The molecular weight excluding hydrogens is 344 g/mol. The average molecular weight is 350 g/mol. The van der Waals surface area contributed by atoms with E-state index in [-0.39, 0.29) is 5.69 Å². The first-order chi connectivity index (χ1) is 8.51. The van der Waals surface area contributed by atoms with E-state index in [0.717, 1.165) is 0 Å². The minimum atomic E-state index is -5.70. The molecule has 0 atom stereocenters. The Kier molecular flexibility index (Phi) is 4.49. The minimum absolute atomic E-state index is 0.160. The third kappa shape index (κ3) is 4.41. The van der Waals surface area contributed by atoms with Crippen molar-refractivity contribution >= 4 is 27.5 Å². The molecule has 0 aliphatic carbocycles. The zero-order valence-electron chi connectivity index (χ0n) is 8.94. The van der Waals surface area contributed by atoms with E-state index in [1.807, 2.05) is 0 Å². The molecule has 19 heavy (non-hydrogen) atoms. The summed E-state index contributed by atoms with van der Waals surface area (Å²) in [7, 11) is 0. The van der Waals surface area contributed by atoms with Gasteiger partial charge in [0.2, 0.25) is 11.8 Å². The van der Waals surface area contributed by atoms with Gasteiger partial charge in [-0.2, -0.15) is 26.3 Å².